The van der Waals surface area contributed by atoms with Crippen LogP contribution in [0.4, 0.5) is 14.5 Å². The maximum Gasteiger partial charge on any atom is 0.182 e. The largest absolute Gasteiger partial charge is 0.383 e. The highest BCUT2D eigenvalue weighted by Crippen LogP contribution is 2.37. The molecule has 1 aromatic carbocycles. The van der Waals surface area contributed by atoms with Gasteiger partial charge in [-0.05, 0) is 31.7 Å². The van der Waals surface area contributed by atoms with Gasteiger partial charge in [0.05, 0.1) is 12.3 Å². The van der Waals surface area contributed by atoms with Crippen molar-refractivity contribution in [3.8, 4) is 0 Å². The van der Waals surface area contributed by atoms with Crippen LogP contribution in [-0.2, 0) is 11.3 Å². The van der Waals surface area contributed by atoms with Crippen molar-refractivity contribution in [2.24, 2.45) is 11.7 Å². The summed E-state index contributed by atoms with van der Waals surface area (Å²) in [7, 11) is 1.61. The van der Waals surface area contributed by atoms with Crippen molar-refractivity contribution in [1.29, 1.82) is 0 Å². The molecule has 1 saturated carbocycles. The highest BCUT2D eigenvalue weighted by molar-refractivity contribution is 5.51. The predicted molar refractivity (Wildman–Crippen MR) is 75.7 cm³/mol. The quantitative estimate of drug-likeness (QED) is 0.836. The lowest BCUT2D eigenvalue weighted by atomic mass is 10.1. The standard InChI is InChI=1S/C15H22F2N2O/c1-10(11-3-4-11)19(7-8-20-2)13-6-5-12(9-18)14(16)15(13)17/h5-6,10-11H,3-4,7-9,18H2,1-2H3. The summed E-state index contributed by atoms with van der Waals surface area (Å²) in [5.74, 6) is -1.09. The Morgan fingerprint density at radius 1 is 1.35 bits per heavy atom. The van der Waals surface area contributed by atoms with Gasteiger partial charge in [0.25, 0.3) is 0 Å². The number of ether oxygens (including phenoxy) is 1. The summed E-state index contributed by atoms with van der Waals surface area (Å²) in [5, 5.41) is 0. The fraction of sp³-hybridized carbons (Fsp3) is 0.600. The van der Waals surface area contributed by atoms with E-state index in [9.17, 15) is 8.78 Å². The number of rotatable bonds is 7. The van der Waals surface area contributed by atoms with Crippen LogP contribution in [0.25, 0.3) is 0 Å². The van der Waals surface area contributed by atoms with E-state index in [0.717, 1.165) is 12.8 Å². The Morgan fingerprint density at radius 2 is 2.05 bits per heavy atom. The van der Waals surface area contributed by atoms with E-state index in [2.05, 4.69) is 6.92 Å². The number of hydrogen-bond acceptors (Lipinski definition) is 3. The third kappa shape index (κ3) is 3.10. The van der Waals surface area contributed by atoms with E-state index in [1.165, 1.54) is 0 Å². The summed E-state index contributed by atoms with van der Waals surface area (Å²) in [5.41, 5.74) is 5.91. The third-order valence-electron chi connectivity index (χ3n) is 4.00. The van der Waals surface area contributed by atoms with Crippen LogP contribution in [0.3, 0.4) is 0 Å². The van der Waals surface area contributed by atoms with Crippen molar-refractivity contribution in [3.05, 3.63) is 29.3 Å². The molecule has 0 bridgehead atoms. The van der Waals surface area contributed by atoms with Crippen molar-refractivity contribution in [1.82, 2.24) is 0 Å². The van der Waals surface area contributed by atoms with Gasteiger partial charge in [-0.1, -0.05) is 6.07 Å². The Kier molecular flexibility index (Phi) is 4.94. The van der Waals surface area contributed by atoms with Crippen molar-refractivity contribution in [3.63, 3.8) is 0 Å². The molecule has 3 nitrogen and oxygen atoms in total. The number of nitrogens with two attached hydrogens (primary N) is 1. The predicted octanol–water partition coefficient (Wildman–Crippen LogP) is 2.67. The summed E-state index contributed by atoms with van der Waals surface area (Å²) in [6, 6.07) is 3.37. The number of methoxy groups -OCH3 is 1. The molecule has 1 aliphatic rings. The molecule has 1 fully saturated rings. The average molecular weight is 284 g/mol. The van der Waals surface area contributed by atoms with Crippen LogP contribution in [0, 0.1) is 17.6 Å². The molecule has 112 valence electrons. The Bertz CT molecular complexity index is 463. The molecular formula is C15H22F2N2O. The summed E-state index contributed by atoms with van der Waals surface area (Å²) in [6.45, 7) is 3.09. The molecule has 1 aromatic rings. The lowest BCUT2D eigenvalue weighted by Crippen LogP contribution is -2.38. The number of halogens is 2. The second-order valence-electron chi connectivity index (χ2n) is 5.34. The van der Waals surface area contributed by atoms with Gasteiger partial charge < -0.3 is 15.4 Å². The van der Waals surface area contributed by atoms with Gasteiger partial charge in [0.2, 0.25) is 0 Å². The molecule has 0 aliphatic heterocycles. The van der Waals surface area contributed by atoms with E-state index in [-0.39, 0.29) is 18.2 Å². The minimum atomic E-state index is -0.838. The lowest BCUT2D eigenvalue weighted by molar-refractivity contribution is 0.202. The maximum atomic E-state index is 14.3. The molecular weight excluding hydrogens is 262 g/mol. The first kappa shape index (κ1) is 15.2. The molecule has 0 aromatic heterocycles. The third-order valence-corrected chi connectivity index (χ3v) is 4.00. The fourth-order valence-electron chi connectivity index (χ4n) is 2.52. The van der Waals surface area contributed by atoms with E-state index in [1.807, 2.05) is 4.90 Å². The zero-order valence-electron chi connectivity index (χ0n) is 12.0. The summed E-state index contributed by atoms with van der Waals surface area (Å²) in [6.07, 6.45) is 2.30. The van der Waals surface area contributed by atoms with Crippen LogP contribution in [-0.4, -0.2) is 26.3 Å². The van der Waals surface area contributed by atoms with Gasteiger partial charge >= 0.3 is 0 Å². The first-order valence-electron chi connectivity index (χ1n) is 7.02. The van der Waals surface area contributed by atoms with Crippen molar-refractivity contribution >= 4 is 5.69 Å². The summed E-state index contributed by atoms with van der Waals surface area (Å²) in [4.78, 5) is 1.90. The average Bonchev–Trinajstić information content (AvgIpc) is 3.28. The van der Waals surface area contributed by atoms with Crippen LogP contribution in [0.15, 0.2) is 12.1 Å². The van der Waals surface area contributed by atoms with Crippen molar-refractivity contribution in [2.75, 3.05) is 25.2 Å². The monoisotopic (exact) mass is 284 g/mol. The van der Waals surface area contributed by atoms with Crippen LogP contribution in [0.1, 0.15) is 25.3 Å². The van der Waals surface area contributed by atoms with Crippen LogP contribution >= 0.6 is 0 Å². The minimum Gasteiger partial charge on any atom is -0.383 e. The molecule has 2 rings (SSSR count). The Balaban J connectivity index is 2.29. The van der Waals surface area contributed by atoms with Gasteiger partial charge in [0, 0.05) is 31.8 Å². The topological polar surface area (TPSA) is 38.5 Å². The number of anilines is 1. The lowest BCUT2D eigenvalue weighted by Gasteiger charge is -2.32. The first-order valence-corrected chi connectivity index (χ1v) is 7.02. The maximum absolute atomic E-state index is 14.3. The highest BCUT2D eigenvalue weighted by Gasteiger charge is 2.33. The smallest absolute Gasteiger partial charge is 0.182 e. The van der Waals surface area contributed by atoms with E-state index in [1.54, 1.807) is 19.2 Å². The van der Waals surface area contributed by atoms with Gasteiger partial charge in [-0.2, -0.15) is 0 Å². The zero-order chi connectivity index (χ0) is 14.7. The molecule has 5 heteroatoms. The minimum absolute atomic E-state index is 0.000711. The SMILES string of the molecule is COCCN(c1ccc(CN)c(F)c1F)C(C)C1CC1. The summed E-state index contributed by atoms with van der Waals surface area (Å²) < 4.78 is 33.3. The first-order chi connectivity index (χ1) is 9.60. The van der Waals surface area contributed by atoms with Crippen LogP contribution < -0.4 is 10.6 Å². The Hall–Kier alpha value is -1.20. The molecule has 0 saturated heterocycles. The normalized spacial score (nSPS) is 16.2. The van der Waals surface area contributed by atoms with Crippen molar-refractivity contribution < 1.29 is 13.5 Å². The molecule has 0 radical (unpaired) electrons. The summed E-state index contributed by atoms with van der Waals surface area (Å²) >= 11 is 0. The Labute approximate surface area is 118 Å². The number of benzene rings is 1. The van der Waals surface area contributed by atoms with E-state index < -0.39 is 11.6 Å². The molecule has 1 unspecified atom stereocenters. The van der Waals surface area contributed by atoms with Gasteiger partial charge in [-0.15, -0.1) is 0 Å². The van der Waals surface area contributed by atoms with Gasteiger partial charge in [-0.25, -0.2) is 8.78 Å². The number of nitrogens with zero attached hydrogens (tertiary/aromatic N) is 1. The highest BCUT2D eigenvalue weighted by atomic mass is 19.2. The second-order valence-corrected chi connectivity index (χ2v) is 5.34. The van der Waals surface area contributed by atoms with Gasteiger partial charge in [-0.3, -0.25) is 0 Å². The molecule has 0 spiro atoms. The van der Waals surface area contributed by atoms with Crippen molar-refractivity contribution in [2.45, 2.75) is 32.4 Å². The molecule has 0 amide bonds. The zero-order valence-corrected chi connectivity index (χ0v) is 12.0. The molecule has 20 heavy (non-hydrogen) atoms. The van der Waals surface area contributed by atoms with E-state index >= 15 is 0 Å². The van der Waals surface area contributed by atoms with Gasteiger partial charge in [0.1, 0.15) is 0 Å². The van der Waals surface area contributed by atoms with Crippen LogP contribution in [0.5, 0.6) is 0 Å². The van der Waals surface area contributed by atoms with E-state index in [4.69, 9.17) is 10.5 Å². The molecule has 0 heterocycles. The molecule has 2 N–H and O–H groups in total. The Morgan fingerprint density at radius 3 is 2.60 bits per heavy atom. The second kappa shape index (κ2) is 6.50. The molecule has 1 aliphatic carbocycles. The number of hydrogen-bond donors (Lipinski definition) is 1. The molecule has 1 atom stereocenters. The van der Waals surface area contributed by atoms with E-state index in [0.29, 0.717) is 24.8 Å². The van der Waals surface area contributed by atoms with Crippen LogP contribution in [0.2, 0.25) is 0 Å². The van der Waals surface area contributed by atoms with Gasteiger partial charge in [0.15, 0.2) is 11.6 Å². The fourth-order valence-corrected chi connectivity index (χ4v) is 2.52.